The number of benzene rings is 2. The first-order valence-electron chi connectivity index (χ1n) is 10.6. The van der Waals surface area contributed by atoms with Crippen LogP contribution in [-0.2, 0) is 21.9 Å². The van der Waals surface area contributed by atoms with Gasteiger partial charge in [-0.15, -0.1) is 11.8 Å². The quantitative estimate of drug-likeness (QED) is 0.381. The van der Waals surface area contributed by atoms with Gasteiger partial charge in [0.2, 0.25) is 11.8 Å². The van der Waals surface area contributed by atoms with Crippen LogP contribution < -0.4 is 5.32 Å². The number of carbonyl (C=O) groups is 2. The maximum absolute atomic E-state index is 13.2. The lowest BCUT2D eigenvalue weighted by Gasteiger charge is -2.30. The molecule has 168 valence electrons. The lowest BCUT2D eigenvalue weighted by atomic mass is 10.1. The highest BCUT2D eigenvalue weighted by Crippen LogP contribution is 2.20. The predicted molar refractivity (Wildman–Crippen MR) is 132 cm³/mol. The molecule has 31 heavy (non-hydrogen) atoms. The second-order valence-corrected chi connectivity index (χ2v) is 9.20. The summed E-state index contributed by atoms with van der Waals surface area (Å²) in [7, 11) is 0. The van der Waals surface area contributed by atoms with Crippen LogP contribution in [0, 0.1) is 0 Å². The van der Waals surface area contributed by atoms with Crippen molar-refractivity contribution in [1.29, 1.82) is 0 Å². The zero-order valence-electron chi connectivity index (χ0n) is 18.1. The van der Waals surface area contributed by atoms with Gasteiger partial charge in [0.1, 0.15) is 6.04 Å². The summed E-state index contributed by atoms with van der Waals surface area (Å²) in [4.78, 5) is 27.7. The molecule has 2 aromatic carbocycles. The Labute approximate surface area is 199 Å². The molecule has 0 aliphatic rings. The molecule has 0 radical (unpaired) electrons. The average molecular weight is 481 g/mol. The maximum atomic E-state index is 13.2. The Balaban J connectivity index is 2.09. The van der Waals surface area contributed by atoms with E-state index in [1.165, 1.54) is 11.8 Å². The minimum absolute atomic E-state index is 0.0560. The fourth-order valence-electron chi connectivity index (χ4n) is 3.18. The van der Waals surface area contributed by atoms with Crippen molar-refractivity contribution in [2.45, 2.75) is 51.4 Å². The summed E-state index contributed by atoms with van der Waals surface area (Å²) >= 11 is 13.6. The largest absolute Gasteiger partial charge is 0.354 e. The first kappa shape index (κ1) is 25.6. The summed E-state index contributed by atoms with van der Waals surface area (Å²) < 4.78 is 0. The van der Waals surface area contributed by atoms with Gasteiger partial charge in [0.25, 0.3) is 0 Å². The molecular weight excluding hydrogens is 451 g/mol. The topological polar surface area (TPSA) is 49.4 Å². The highest BCUT2D eigenvalue weighted by atomic mass is 35.5. The average Bonchev–Trinajstić information content (AvgIpc) is 2.75. The Morgan fingerprint density at radius 3 is 2.42 bits per heavy atom. The van der Waals surface area contributed by atoms with Crippen LogP contribution in [0.3, 0.4) is 0 Å². The van der Waals surface area contributed by atoms with Gasteiger partial charge in [-0.2, -0.15) is 0 Å². The molecule has 0 fully saturated rings. The van der Waals surface area contributed by atoms with Crippen molar-refractivity contribution in [3.8, 4) is 0 Å². The van der Waals surface area contributed by atoms with Gasteiger partial charge < -0.3 is 10.2 Å². The van der Waals surface area contributed by atoms with Gasteiger partial charge in [-0.1, -0.05) is 67.7 Å². The lowest BCUT2D eigenvalue weighted by Crippen LogP contribution is -2.49. The summed E-state index contributed by atoms with van der Waals surface area (Å²) in [6, 6.07) is 14.5. The van der Waals surface area contributed by atoms with Gasteiger partial charge >= 0.3 is 0 Å². The van der Waals surface area contributed by atoms with Crippen LogP contribution in [0.15, 0.2) is 48.5 Å². The van der Waals surface area contributed by atoms with E-state index in [1.54, 1.807) is 17.0 Å². The Morgan fingerprint density at radius 1 is 1.03 bits per heavy atom. The molecule has 0 heterocycles. The number of hydrogen-bond donors (Lipinski definition) is 1. The second kappa shape index (κ2) is 13.7. The second-order valence-electron chi connectivity index (χ2n) is 7.34. The molecule has 7 heteroatoms. The molecule has 0 aliphatic carbocycles. The van der Waals surface area contributed by atoms with E-state index in [2.05, 4.69) is 12.2 Å². The van der Waals surface area contributed by atoms with Gasteiger partial charge in [-0.25, -0.2) is 0 Å². The molecule has 2 rings (SSSR count). The Bertz CT molecular complexity index is 846. The van der Waals surface area contributed by atoms with Crippen molar-refractivity contribution in [2.24, 2.45) is 0 Å². The van der Waals surface area contributed by atoms with Gasteiger partial charge in [-0.05, 0) is 48.2 Å². The smallest absolute Gasteiger partial charge is 0.242 e. The summed E-state index contributed by atoms with van der Waals surface area (Å²) in [6.07, 6.45) is 2.48. The van der Waals surface area contributed by atoms with Crippen molar-refractivity contribution in [2.75, 3.05) is 12.3 Å². The number of nitrogens with zero attached hydrogens (tertiary/aromatic N) is 1. The lowest BCUT2D eigenvalue weighted by molar-refractivity contribution is -0.139. The number of amides is 2. The molecule has 0 aliphatic heterocycles. The normalized spacial score (nSPS) is 11.7. The van der Waals surface area contributed by atoms with E-state index >= 15 is 0 Å². The molecule has 0 unspecified atom stereocenters. The molecule has 0 saturated heterocycles. The van der Waals surface area contributed by atoms with Gasteiger partial charge in [0.15, 0.2) is 0 Å². The zero-order valence-corrected chi connectivity index (χ0v) is 20.4. The van der Waals surface area contributed by atoms with Crippen molar-refractivity contribution in [3.63, 3.8) is 0 Å². The molecule has 0 aromatic heterocycles. The SMILES string of the molecule is CCCCNC(=O)[C@H](CC)N(Cc1ccc(Cl)cc1)C(=O)CSCc1cccc(Cl)c1. The Hall–Kier alpha value is -1.69. The third-order valence-electron chi connectivity index (χ3n) is 4.86. The molecule has 4 nitrogen and oxygen atoms in total. The number of rotatable bonds is 12. The molecule has 2 amide bonds. The fourth-order valence-corrected chi connectivity index (χ4v) is 4.37. The Morgan fingerprint density at radius 2 is 1.77 bits per heavy atom. The van der Waals surface area contributed by atoms with Crippen LogP contribution in [0.5, 0.6) is 0 Å². The van der Waals surface area contributed by atoms with E-state index in [4.69, 9.17) is 23.2 Å². The van der Waals surface area contributed by atoms with Gasteiger partial charge in [0.05, 0.1) is 5.75 Å². The summed E-state index contributed by atoms with van der Waals surface area (Å²) in [5, 5.41) is 4.30. The number of unbranched alkanes of at least 4 members (excludes halogenated alkanes) is 1. The predicted octanol–water partition coefficient (Wildman–Crippen LogP) is 5.95. The summed E-state index contributed by atoms with van der Waals surface area (Å²) in [5.74, 6) is 0.817. The third-order valence-corrected chi connectivity index (χ3v) is 6.34. The van der Waals surface area contributed by atoms with Crippen molar-refractivity contribution in [1.82, 2.24) is 10.2 Å². The molecule has 0 spiro atoms. The molecule has 0 saturated carbocycles. The van der Waals surface area contributed by atoms with E-state index in [-0.39, 0.29) is 11.8 Å². The van der Waals surface area contributed by atoms with Crippen molar-refractivity contribution < 1.29 is 9.59 Å². The molecule has 1 atom stereocenters. The Kier molecular flexibility index (Phi) is 11.3. The molecular formula is C24H30Cl2N2O2S. The van der Waals surface area contributed by atoms with E-state index in [9.17, 15) is 9.59 Å². The molecule has 2 aromatic rings. The van der Waals surface area contributed by atoms with Crippen LogP contribution in [0.25, 0.3) is 0 Å². The van der Waals surface area contributed by atoms with E-state index in [1.807, 2.05) is 43.3 Å². The molecule has 0 bridgehead atoms. The first-order chi connectivity index (χ1) is 14.9. The van der Waals surface area contributed by atoms with E-state index in [0.29, 0.717) is 41.1 Å². The monoisotopic (exact) mass is 480 g/mol. The minimum Gasteiger partial charge on any atom is -0.354 e. The maximum Gasteiger partial charge on any atom is 0.242 e. The summed E-state index contributed by atoms with van der Waals surface area (Å²) in [6.45, 7) is 5.01. The first-order valence-corrected chi connectivity index (χ1v) is 12.5. The third kappa shape index (κ3) is 8.76. The number of hydrogen-bond acceptors (Lipinski definition) is 3. The van der Waals surface area contributed by atoms with Crippen molar-refractivity contribution >= 4 is 46.8 Å². The van der Waals surface area contributed by atoms with Gasteiger partial charge in [0, 0.05) is 28.9 Å². The zero-order chi connectivity index (χ0) is 22.6. The number of nitrogens with one attached hydrogen (secondary N) is 1. The highest BCUT2D eigenvalue weighted by Gasteiger charge is 2.28. The van der Waals surface area contributed by atoms with Crippen LogP contribution >= 0.6 is 35.0 Å². The van der Waals surface area contributed by atoms with E-state index in [0.717, 1.165) is 24.0 Å². The van der Waals surface area contributed by atoms with Crippen LogP contribution in [-0.4, -0.2) is 35.1 Å². The summed E-state index contributed by atoms with van der Waals surface area (Å²) in [5.41, 5.74) is 2.01. The number of thioether (sulfide) groups is 1. The van der Waals surface area contributed by atoms with Crippen LogP contribution in [0.2, 0.25) is 10.0 Å². The van der Waals surface area contributed by atoms with Gasteiger partial charge in [-0.3, -0.25) is 9.59 Å². The van der Waals surface area contributed by atoms with Crippen molar-refractivity contribution in [3.05, 3.63) is 69.7 Å². The van der Waals surface area contributed by atoms with Crippen LogP contribution in [0.4, 0.5) is 0 Å². The minimum atomic E-state index is -0.508. The highest BCUT2D eigenvalue weighted by molar-refractivity contribution is 7.99. The van der Waals surface area contributed by atoms with E-state index < -0.39 is 6.04 Å². The number of halogens is 2. The van der Waals surface area contributed by atoms with Crippen LogP contribution in [0.1, 0.15) is 44.2 Å². The number of carbonyl (C=O) groups excluding carboxylic acids is 2. The molecule has 1 N–H and O–H groups in total. The fraction of sp³-hybridized carbons (Fsp3) is 0.417. The standard InChI is InChI=1S/C24H30Cl2N2O2S/c1-3-5-13-27-24(30)22(4-2)28(15-18-9-11-20(25)12-10-18)23(29)17-31-16-19-7-6-8-21(26)14-19/h6-12,14,22H,3-5,13,15-17H2,1-2H3,(H,27,30)/t22-/m0/s1.